The van der Waals surface area contributed by atoms with Crippen LogP contribution in [-0.4, -0.2) is 29.6 Å². The van der Waals surface area contributed by atoms with Gasteiger partial charge in [-0.15, -0.1) is 0 Å². The van der Waals surface area contributed by atoms with Gasteiger partial charge in [-0.3, -0.25) is 4.90 Å². The molecule has 2 heterocycles. The molecule has 0 saturated carbocycles. The molecule has 116 valence electrons. The van der Waals surface area contributed by atoms with E-state index in [1.165, 1.54) is 38.2 Å². The van der Waals surface area contributed by atoms with Crippen LogP contribution in [0.5, 0.6) is 0 Å². The smallest absolute Gasteiger partial charge is 0.123 e. The Balaban J connectivity index is 1.70. The third-order valence-electron chi connectivity index (χ3n) is 5.25. The predicted octanol–water partition coefficient (Wildman–Crippen LogP) is 3.88. The summed E-state index contributed by atoms with van der Waals surface area (Å²) in [7, 11) is 0. The van der Waals surface area contributed by atoms with Crippen molar-refractivity contribution in [1.82, 2.24) is 10.2 Å². The first-order valence-electron chi connectivity index (χ1n) is 8.45. The van der Waals surface area contributed by atoms with E-state index in [-0.39, 0.29) is 5.82 Å². The minimum absolute atomic E-state index is 0.119. The van der Waals surface area contributed by atoms with Crippen LogP contribution in [0.25, 0.3) is 0 Å². The molecule has 0 aliphatic carbocycles. The van der Waals surface area contributed by atoms with E-state index < -0.39 is 0 Å². The topological polar surface area (TPSA) is 15.3 Å². The van der Waals surface area contributed by atoms with Crippen LogP contribution in [0, 0.1) is 5.82 Å². The van der Waals surface area contributed by atoms with Gasteiger partial charge < -0.3 is 5.32 Å². The second kappa shape index (κ2) is 6.45. The quantitative estimate of drug-likeness (QED) is 0.885. The molecule has 2 aliphatic heterocycles. The SMILES string of the molecule is CCCNC1CC2CCC(C1)N2C(C)c1cccc(F)c1. The molecule has 0 aromatic heterocycles. The van der Waals surface area contributed by atoms with E-state index in [1.807, 2.05) is 6.07 Å². The Morgan fingerprint density at radius 3 is 2.62 bits per heavy atom. The van der Waals surface area contributed by atoms with Gasteiger partial charge in [-0.2, -0.15) is 0 Å². The summed E-state index contributed by atoms with van der Waals surface area (Å²) in [5.41, 5.74) is 1.12. The number of benzene rings is 1. The normalized spacial score (nSPS) is 30.5. The fourth-order valence-corrected chi connectivity index (χ4v) is 4.30. The molecule has 2 nitrogen and oxygen atoms in total. The van der Waals surface area contributed by atoms with Gasteiger partial charge in [-0.05, 0) is 63.3 Å². The number of nitrogens with one attached hydrogen (secondary N) is 1. The minimum atomic E-state index is -0.119. The average Bonchev–Trinajstić information content (AvgIpc) is 2.75. The summed E-state index contributed by atoms with van der Waals surface area (Å²) < 4.78 is 13.5. The van der Waals surface area contributed by atoms with Crippen LogP contribution in [0.15, 0.2) is 24.3 Å². The first-order valence-corrected chi connectivity index (χ1v) is 8.45. The zero-order valence-electron chi connectivity index (χ0n) is 13.2. The molecule has 0 amide bonds. The molecule has 1 N–H and O–H groups in total. The summed E-state index contributed by atoms with van der Waals surface area (Å²) in [6.45, 7) is 5.59. The Morgan fingerprint density at radius 2 is 2.00 bits per heavy atom. The fraction of sp³-hybridized carbons (Fsp3) is 0.667. The summed E-state index contributed by atoms with van der Waals surface area (Å²) in [6.07, 6.45) is 6.30. The van der Waals surface area contributed by atoms with E-state index in [4.69, 9.17) is 0 Å². The van der Waals surface area contributed by atoms with Gasteiger partial charge in [-0.1, -0.05) is 19.1 Å². The van der Waals surface area contributed by atoms with Crippen LogP contribution in [0.4, 0.5) is 4.39 Å². The van der Waals surface area contributed by atoms with E-state index >= 15 is 0 Å². The standard InChI is InChI=1S/C18H27FN2/c1-3-9-20-16-11-17-7-8-18(12-16)21(17)13(2)14-5-4-6-15(19)10-14/h4-6,10,13,16-18,20H,3,7-9,11-12H2,1-2H3. The molecule has 2 aliphatic rings. The lowest BCUT2D eigenvalue weighted by Gasteiger charge is -2.43. The highest BCUT2D eigenvalue weighted by Gasteiger charge is 2.42. The molecule has 2 bridgehead atoms. The molecule has 21 heavy (non-hydrogen) atoms. The molecule has 3 heteroatoms. The highest BCUT2D eigenvalue weighted by atomic mass is 19.1. The fourth-order valence-electron chi connectivity index (χ4n) is 4.30. The maximum Gasteiger partial charge on any atom is 0.123 e. The lowest BCUT2D eigenvalue weighted by Crippen LogP contribution is -2.49. The van der Waals surface area contributed by atoms with Gasteiger partial charge >= 0.3 is 0 Å². The first kappa shape index (κ1) is 15.0. The Hall–Kier alpha value is -0.930. The van der Waals surface area contributed by atoms with Crippen molar-refractivity contribution in [2.75, 3.05) is 6.54 Å². The second-order valence-corrected chi connectivity index (χ2v) is 6.69. The van der Waals surface area contributed by atoms with Crippen LogP contribution in [-0.2, 0) is 0 Å². The molecule has 3 atom stereocenters. The van der Waals surface area contributed by atoms with Gasteiger partial charge in [0.15, 0.2) is 0 Å². The van der Waals surface area contributed by atoms with Gasteiger partial charge in [0.25, 0.3) is 0 Å². The lowest BCUT2D eigenvalue weighted by atomic mass is 9.93. The van der Waals surface area contributed by atoms with Crippen molar-refractivity contribution in [3.8, 4) is 0 Å². The van der Waals surface area contributed by atoms with Gasteiger partial charge in [-0.25, -0.2) is 4.39 Å². The van der Waals surface area contributed by atoms with Crippen LogP contribution >= 0.6 is 0 Å². The van der Waals surface area contributed by atoms with Crippen molar-refractivity contribution in [3.05, 3.63) is 35.6 Å². The van der Waals surface area contributed by atoms with E-state index in [9.17, 15) is 4.39 Å². The predicted molar refractivity (Wildman–Crippen MR) is 84.8 cm³/mol. The van der Waals surface area contributed by atoms with Crippen molar-refractivity contribution < 1.29 is 4.39 Å². The summed E-state index contributed by atoms with van der Waals surface area (Å²) in [5.74, 6) is -0.119. The van der Waals surface area contributed by atoms with Crippen LogP contribution in [0.3, 0.4) is 0 Å². The van der Waals surface area contributed by atoms with E-state index in [0.29, 0.717) is 24.2 Å². The number of fused-ring (bicyclic) bond motifs is 2. The number of rotatable bonds is 5. The number of halogens is 1. The summed E-state index contributed by atoms with van der Waals surface area (Å²) in [6, 6.07) is 9.46. The molecule has 1 aromatic rings. The number of piperidine rings is 1. The minimum Gasteiger partial charge on any atom is -0.314 e. The number of hydrogen-bond donors (Lipinski definition) is 1. The third-order valence-corrected chi connectivity index (χ3v) is 5.25. The van der Waals surface area contributed by atoms with Crippen molar-refractivity contribution in [1.29, 1.82) is 0 Å². The van der Waals surface area contributed by atoms with E-state index in [0.717, 1.165) is 12.1 Å². The number of hydrogen-bond acceptors (Lipinski definition) is 2. The maximum atomic E-state index is 13.5. The Morgan fingerprint density at radius 1 is 1.29 bits per heavy atom. The van der Waals surface area contributed by atoms with Crippen molar-refractivity contribution in [2.45, 2.75) is 70.1 Å². The zero-order valence-corrected chi connectivity index (χ0v) is 13.2. The molecular formula is C18H27FN2. The molecule has 3 rings (SSSR count). The average molecular weight is 290 g/mol. The highest BCUT2D eigenvalue weighted by molar-refractivity contribution is 5.21. The van der Waals surface area contributed by atoms with E-state index in [2.05, 4.69) is 30.1 Å². The van der Waals surface area contributed by atoms with Gasteiger partial charge in [0.2, 0.25) is 0 Å². The molecule has 2 fully saturated rings. The Kier molecular flexibility index (Phi) is 4.60. The van der Waals surface area contributed by atoms with Crippen LogP contribution < -0.4 is 5.32 Å². The third kappa shape index (κ3) is 3.14. The van der Waals surface area contributed by atoms with Crippen LogP contribution in [0.2, 0.25) is 0 Å². The largest absolute Gasteiger partial charge is 0.314 e. The molecule has 1 aromatic carbocycles. The van der Waals surface area contributed by atoms with Gasteiger partial charge in [0, 0.05) is 24.2 Å². The summed E-state index contributed by atoms with van der Waals surface area (Å²) in [5, 5.41) is 3.69. The number of nitrogens with zero attached hydrogens (tertiary/aromatic N) is 1. The Labute approximate surface area is 127 Å². The molecule has 0 spiro atoms. The van der Waals surface area contributed by atoms with Gasteiger partial charge in [0.05, 0.1) is 0 Å². The highest BCUT2D eigenvalue weighted by Crippen LogP contribution is 2.41. The Bertz CT molecular complexity index is 462. The van der Waals surface area contributed by atoms with Crippen molar-refractivity contribution in [2.24, 2.45) is 0 Å². The monoisotopic (exact) mass is 290 g/mol. The molecule has 3 unspecified atom stereocenters. The van der Waals surface area contributed by atoms with Crippen LogP contribution in [0.1, 0.15) is 57.6 Å². The van der Waals surface area contributed by atoms with Gasteiger partial charge in [0.1, 0.15) is 5.82 Å². The molecule has 2 saturated heterocycles. The first-order chi connectivity index (χ1) is 10.2. The lowest BCUT2D eigenvalue weighted by molar-refractivity contribution is 0.0770. The summed E-state index contributed by atoms with van der Waals surface area (Å²) in [4.78, 5) is 2.65. The zero-order chi connectivity index (χ0) is 14.8. The maximum absolute atomic E-state index is 13.5. The molecule has 0 radical (unpaired) electrons. The van der Waals surface area contributed by atoms with Crippen molar-refractivity contribution in [3.63, 3.8) is 0 Å². The molecular weight excluding hydrogens is 263 g/mol. The second-order valence-electron chi connectivity index (χ2n) is 6.69. The van der Waals surface area contributed by atoms with E-state index in [1.54, 1.807) is 6.07 Å². The summed E-state index contributed by atoms with van der Waals surface area (Å²) >= 11 is 0. The van der Waals surface area contributed by atoms with Crippen molar-refractivity contribution >= 4 is 0 Å².